The third-order valence-corrected chi connectivity index (χ3v) is 6.20. The first-order valence-corrected chi connectivity index (χ1v) is 10.1. The molecule has 1 aliphatic heterocycles. The third kappa shape index (κ3) is 4.28. The highest BCUT2D eigenvalue weighted by Gasteiger charge is 2.27. The number of carbonyl (C=O) groups excluding carboxylic acids is 2. The molecule has 2 amide bonds. The largest absolute Gasteiger partial charge is 0.366 e. The zero-order chi connectivity index (χ0) is 18.7. The molecule has 136 valence electrons. The lowest BCUT2D eigenvalue weighted by molar-refractivity contribution is -0.115. The molecule has 0 aliphatic carbocycles. The van der Waals surface area contributed by atoms with Gasteiger partial charge in [0.2, 0.25) is 5.91 Å². The van der Waals surface area contributed by atoms with Crippen LogP contribution in [0.1, 0.15) is 28.9 Å². The average molecular weight is 434 g/mol. The summed E-state index contributed by atoms with van der Waals surface area (Å²) >= 11 is 5.36. The van der Waals surface area contributed by atoms with Gasteiger partial charge in [0, 0.05) is 21.2 Å². The minimum Gasteiger partial charge on any atom is -0.366 e. The molecule has 0 bridgehead atoms. The van der Waals surface area contributed by atoms with Gasteiger partial charge >= 0.3 is 0 Å². The second-order valence-corrected chi connectivity index (χ2v) is 8.26. The van der Waals surface area contributed by atoms with E-state index in [1.807, 2.05) is 17.8 Å². The van der Waals surface area contributed by atoms with Crippen LogP contribution in [0.5, 0.6) is 0 Å². The van der Waals surface area contributed by atoms with Crippen molar-refractivity contribution in [2.75, 3.05) is 17.6 Å². The molecule has 3 rings (SSSR count). The topological polar surface area (TPSA) is 84.2 Å². The van der Waals surface area contributed by atoms with Gasteiger partial charge in [-0.1, -0.05) is 35.0 Å². The van der Waals surface area contributed by atoms with E-state index in [-0.39, 0.29) is 18.5 Å². The Balaban J connectivity index is 1.69. The fourth-order valence-corrected chi connectivity index (χ4v) is 4.56. The molecule has 0 fully saturated rings. The number of nitrogens with one attached hydrogen (secondary N) is 2. The third-order valence-electron chi connectivity index (χ3n) is 4.33. The molecule has 26 heavy (non-hydrogen) atoms. The van der Waals surface area contributed by atoms with Crippen molar-refractivity contribution >= 4 is 45.2 Å². The number of hydrogen-bond acceptors (Lipinski definition) is 4. The molecule has 2 atom stereocenters. The van der Waals surface area contributed by atoms with E-state index in [4.69, 9.17) is 5.73 Å². The Morgan fingerprint density at radius 2 is 2.04 bits per heavy atom. The molecule has 7 heteroatoms. The van der Waals surface area contributed by atoms with Crippen LogP contribution < -0.4 is 16.4 Å². The van der Waals surface area contributed by atoms with Crippen LogP contribution in [0, 0.1) is 5.92 Å². The lowest BCUT2D eigenvalue weighted by atomic mass is 9.95. The maximum Gasteiger partial charge on any atom is 0.250 e. The van der Waals surface area contributed by atoms with Crippen molar-refractivity contribution in [1.82, 2.24) is 5.32 Å². The molecular weight excluding hydrogens is 414 g/mol. The van der Waals surface area contributed by atoms with E-state index >= 15 is 0 Å². The van der Waals surface area contributed by atoms with E-state index in [9.17, 15) is 9.59 Å². The second-order valence-electron chi connectivity index (χ2n) is 6.29. The standard InChI is InChI=1S/C19H20BrN3O2S/c1-11-10-26-16-7-6-12(20)8-14(16)18(11)22-9-17(24)23-15-5-3-2-4-13(15)19(21)25/h2-8,11,18,22H,9-10H2,1H3,(H2,21,25)(H,23,24)/t11-,18+/m0/s1. The van der Waals surface area contributed by atoms with E-state index in [1.165, 1.54) is 10.5 Å². The molecule has 2 aromatic rings. The van der Waals surface area contributed by atoms with Gasteiger partial charge in [0.15, 0.2) is 0 Å². The van der Waals surface area contributed by atoms with Gasteiger partial charge in [-0.05, 0) is 41.8 Å². The first-order valence-electron chi connectivity index (χ1n) is 8.30. The number of para-hydroxylation sites is 1. The molecule has 1 heterocycles. The van der Waals surface area contributed by atoms with Crippen molar-refractivity contribution in [2.24, 2.45) is 11.7 Å². The number of primary amides is 1. The minimum absolute atomic E-state index is 0.0980. The lowest BCUT2D eigenvalue weighted by Crippen LogP contribution is -2.36. The Bertz CT molecular complexity index is 843. The number of fused-ring (bicyclic) bond motifs is 1. The highest BCUT2D eigenvalue weighted by molar-refractivity contribution is 9.10. The van der Waals surface area contributed by atoms with Crippen molar-refractivity contribution < 1.29 is 9.59 Å². The molecule has 0 spiro atoms. The van der Waals surface area contributed by atoms with Crippen LogP contribution in [-0.2, 0) is 4.79 Å². The number of anilines is 1. The Labute approximate surface area is 165 Å². The SMILES string of the molecule is C[C@H]1CSc2ccc(Br)cc2[C@@H]1NCC(=O)Nc1ccccc1C(N)=O. The molecule has 0 saturated heterocycles. The van der Waals surface area contributed by atoms with Crippen molar-refractivity contribution in [2.45, 2.75) is 17.9 Å². The first kappa shape index (κ1) is 18.9. The maximum atomic E-state index is 12.4. The van der Waals surface area contributed by atoms with Crippen LogP contribution >= 0.6 is 27.7 Å². The van der Waals surface area contributed by atoms with Crippen LogP contribution in [0.15, 0.2) is 51.8 Å². The van der Waals surface area contributed by atoms with Crippen LogP contribution in [0.4, 0.5) is 5.69 Å². The summed E-state index contributed by atoms with van der Waals surface area (Å²) in [7, 11) is 0. The Morgan fingerprint density at radius 3 is 2.81 bits per heavy atom. The van der Waals surface area contributed by atoms with E-state index in [0.717, 1.165) is 10.2 Å². The average Bonchev–Trinajstić information content (AvgIpc) is 2.61. The normalized spacial score (nSPS) is 18.8. The number of carbonyl (C=O) groups is 2. The number of benzene rings is 2. The summed E-state index contributed by atoms with van der Waals surface area (Å²) in [6, 6.07) is 13.1. The van der Waals surface area contributed by atoms with Gasteiger partial charge in [-0.3, -0.25) is 9.59 Å². The molecule has 0 aromatic heterocycles. The summed E-state index contributed by atoms with van der Waals surface area (Å²) in [6.45, 7) is 2.33. The van der Waals surface area contributed by atoms with Crippen molar-refractivity contribution in [1.29, 1.82) is 0 Å². The highest BCUT2D eigenvalue weighted by Crippen LogP contribution is 2.40. The fourth-order valence-electron chi connectivity index (χ4n) is 3.03. The zero-order valence-electron chi connectivity index (χ0n) is 14.3. The summed E-state index contributed by atoms with van der Waals surface area (Å²) in [5.41, 5.74) is 7.29. The summed E-state index contributed by atoms with van der Waals surface area (Å²) in [6.07, 6.45) is 0. The van der Waals surface area contributed by atoms with Crippen molar-refractivity contribution in [3.8, 4) is 0 Å². The fraction of sp³-hybridized carbons (Fsp3) is 0.263. The summed E-state index contributed by atoms with van der Waals surface area (Å²) in [5.74, 6) is 0.622. The molecule has 0 saturated carbocycles. The van der Waals surface area contributed by atoms with E-state index in [0.29, 0.717) is 17.2 Å². The number of thioether (sulfide) groups is 1. The predicted octanol–water partition coefficient (Wildman–Crippen LogP) is 3.56. The van der Waals surface area contributed by atoms with Crippen LogP contribution in [0.2, 0.25) is 0 Å². The van der Waals surface area contributed by atoms with Gasteiger partial charge in [0.1, 0.15) is 0 Å². The van der Waals surface area contributed by atoms with E-state index < -0.39 is 5.91 Å². The number of nitrogens with two attached hydrogens (primary N) is 1. The molecule has 1 aliphatic rings. The van der Waals surface area contributed by atoms with Crippen LogP contribution in [0.3, 0.4) is 0 Å². The quantitative estimate of drug-likeness (QED) is 0.672. The van der Waals surface area contributed by atoms with Crippen molar-refractivity contribution in [3.63, 3.8) is 0 Å². The number of hydrogen-bond donors (Lipinski definition) is 3. The number of rotatable bonds is 5. The van der Waals surface area contributed by atoms with E-state index in [2.05, 4.69) is 45.6 Å². The van der Waals surface area contributed by atoms with Gasteiger partial charge < -0.3 is 16.4 Å². The van der Waals surface area contributed by atoms with E-state index in [1.54, 1.807) is 24.3 Å². The Kier molecular flexibility index (Phi) is 6.01. The van der Waals surface area contributed by atoms with Gasteiger partial charge in [-0.25, -0.2) is 0 Å². The van der Waals surface area contributed by atoms with Crippen molar-refractivity contribution in [3.05, 3.63) is 58.1 Å². The summed E-state index contributed by atoms with van der Waals surface area (Å²) in [5, 5.41) is 6.13. The minimum atomic E-state index is -0.564. The molecule has 4 N–H and O–H groups in total. The lowest BCUT2D eigenvalue weighted by Gasteiger charge is -2.31. The maximum absolute atomic E-state index is 12.4. The highest BCUT2D eigenvalue weighted by atomic mass is 79.9. The monoisotopic (exact) mass is 433 g/mol. The Hall–Kier alpha value is -1.83. The van der Waals surface area contributed by atoms with Gasteiger partial charge in [0.05, 0.1) is 17.8 Å². The van der Waals surface area contributed by atoms with Crippen LogP contribution in [0.25, 0.3) is 0 Å². The number of amides is 2. The van der Waals surface area contributed by atoms with Gasteiger partial charge in [0.25, 0.3) is 5.91 Å². The molecular formula is C19H20BrN3O2S. The number of halogens is 1. The molecule has 2 aromatic carbocycles. The smallest absolute Gasteiger partial charge is 0.250 e. The Morgan fingerprint density at radius 1 is 1.27 bits per heavy atom. The summed E-state index contributed by atoms with van der Waals surface area (Å²) < 4.78 is 1.03. The first-order chi connectivity index (χ1) is 12.5. The van der Waals surface area contributed by atoms with Gasteiger partial charge in [-0.15, -0.1) is 11.8 Å². The summed E-state index contributed by atoms with van der Waals surface area (Å²) in [4.78, 5) is 25.1. The van der Waals surface area contributed by atoms with Crippen LogP contribution in [-0.4, -0.2) is 24.1 Å². The van der Waals surface area contributed by atoms with Gasteiger partial charge in [-0.2, -0.15) is 0 Å². The molecule has 5 nitrogen and oxygen atoms in total. The molecule has 0 radical (unpaired) electrons. The second kappa shape index (κ2) is 8.24. The predicted molar refractivity (Wildman–Crippen MR) is 108 cm³/mol. The zero-order valence-corrected chi connectivity index (χ0v) is 16.7. The molecule has 0 unspecified atom stereocenters.